The molecule has 7 heteroatoms. The van der Waals surface area contributed by atoms with Crippen LogP contribution in [-0.4, -0.2) is 18.5 Å². The number of hydrazine groups is 1. The highest BCUT2D eigenvalue weighted by Crippen LogP contribution is 2.34. The van der Waals surface area contributed by atoms with Crippen molar-refractivity contribution in [2.24, 2.45) is 11.8 Å². The van der Waals surface area contributed by atoms with E-state index in [1.54, 1.807) is 31.0 Å². The first-order valence-electron chi connectivity index (χ1n) is 5.36. The molecule has 0 fully saturated rings. The highest BCUT2D eigenvalue weighted by atomic mass is 16.6. The Morgan fingerprint density at radius 3 is 2.83 bits per heavy atom. The summed E-state index contributed by atoms with van der Waals surface area (Å²) in [6.45, 7) is 2.17. The normalized spacial score (nSPS) is 11.4. The van der Waals surface area contributed by atoms with Crippen LogP contribution in [0.2, 0.25) is 0 Å². The Kier molecular flexibility index (Phi) is 4.45. The topological polar surface area (TPSA) is 108 Å². The van der Waals surface area contributed by atoms with Gasteiger partial charge in [0.05, 0.1) is 16.9 Å². The van der Waals surface area contributed by atoms with Crippen LogP contribution in [0.25, 0.3) is 0 Å². The highest BCUT2D eigenvalue weighted by molar-refractivity contribution is 5.76. The van der Waals surface area contributed by atoms with Gasteiger partial charge in [0.2, 0.25) is 0 Å². The summed E-state index contributed by atoms with van der Waals surface area (Å²) in [6, 6.07) is 6.92. The van der Waals surface area contributed by atoms with Crippen molar-refractivity contribution >= 4 is 17.1 Å². The first-order valence-corrected chi connectivity index (χ1v) is 5.36. The molecule has 0 radical (unpaired) electrons. The minimum absolute atomic E-state index is 0.0901. The molecule has 0 bridgehead atoms. The van der Waals surface area contributed by atoms with E-state index in [4.69, 9.17) is 11.1 Å². The molecule has 18 heavy (non-hydrogen) atoms. The molecule has 96 valence electrons. The summed E-state index contributed by atoms with van der Waals surface area (Å²) in [5.41, 5.74) is 2.89. The van der Waals surface area contributed by atoms with Gasteiger partial charge >= 0.3 is 5.69 Å². The fourth-order valence-electron chi connectivity index (χ4n) is 1.70. The van der Waals surface area contributed by atoms with Gasteiger partial charge in [-0.2, -0.15) is 5.26 Å². The fourth-order valence-corrected chi connectivity index (χ4v) is 1.70. The summed E-state index contributed by atoms with van der Waals surface area (Å²) < 4.78 is 0. The van der Waals surface area contributed by atoms with E-state index in [-0.39, 0.29) is 17.3 Å². The number of nitriles is 1. The predicted molar refractivity (Wildman–Crippen MR) is 69.0 cm³/mol. The Bertz CT molecular complexity index is 483. The van der Waals surface area contributed by atoms with Crippen LogP contribution < -0.4 is 16.2 Å². The maximum absolute atomic E-state index is 11.1. The summed E-state index contributed by atoms with van der Waals surface area (Å²) in [7, 11) is 1.70. The number of nitrogen functional groups attached to an aromatic ring is 1. The maximum atomic E-state index is 11.1. The summed E-state index contributed by atoms with van der Waals surface area (Å²) in [5.74, 6) is 5.04. The third-order valence-electron chi connectivity index (χ3n) is 2.53. The Morgan fingerprint density at radius 1 is 1.67 bits per heavy atom. The van der Waals surface area contributed by atoms with E-state index in [9.17, 15) is 10.1 Å². The molecule has 0 spiro atoms. The van der Waals surface area contributed by atoms with Gasteiger partial charge in [0.25, 0.3) is 0 Å². The van der Waals surface area contributed by atoms with Crippen molar-refractivity contribution in [2.75, 3.05) is 23.9 Å². The van der Waals surface area contributed by atoms with Gasteiger partial charge in [0, 0.05) is 13.6 Å². The van der Waals surface area contributed by atoms with Gasteiger partial charge < -0.3 is 10.3 Å². The molecule has 1 unspecified atom stereocenters. The number of benzene rings is 1. The van der Waals surface area contributed by atoms with Crippen LogP contribution in [0.5, 0.6) is 0 Å². The maximum Gasteiger partial charge on any atom is 0.316 e. The number of anilines is 2. The summed E-state index contributed by atoms with van der Waals surface area (Å²) in [4.78, 5) is 12.3. The average Bonchev–Trinajstić information content (AvgIpc) is 2.37. The second-order valence-corrected chi connectivity index (χ2v) is 3.99. The zero-order valence-corrected chi connectivity index (χ0v) is 10.3. The summed E-state index contributed by atoms with van der Waals surface area (Å²) in [5, 5.41) is 19.8. The van der Waals surface area contributed by atoms with Crippen molar-refractivity contribution in [1.82, 2.24) is 0 Å². The zero-order valence-electron chi connectivity index (χ0n) is 10.3. The van der Waals surface area contributed by atoms with Crippen molar-refractivity contribution in [2.45, 2.75) is 6.92 Å². The first-order chi connectivity index (χ1) is 8.51. The number of hydrogen-bond donors (Lipinski definition) is 2. The summed E-state index contributed by atoms with van der Waals surface area (Å²) >= 11 is 0. The smallest absolute Gasteiger partial charge is 0.316 e. The first kappa shape index (κ1) is 13.7. The second kappa shape index (κ2) is 5.84. The fraction of sp³-hybridized carbons (Fsp3) is 0.364. The van der Waals surface area contributed by atoms with Crippen LogP contribution in [0.3, 0.4) is 0 Å². The largest absolute Gasteiger partial charge is 0.368 e. The lowest BCUT2D eigenvalue weighted by Gasteiger charge is -2.21. The van der Waals surface area contributed by atoms with E-state index in [1.165, 1.54) is 6.07 Å². The molecule has 0 aliphatic carbocycles. The van der Waals surface area contributed by atoms with Crippen LogP contribution >= 0.6 is 0 Å². The summed E-state index contributed by atoms with van der Waals surface area (Å²) in [6.07, 6.45) is 0. The van der Waals surface area contributed by atoms with Gasteiger partial charge in [-0.25, -0.2) is 0 Å². The minimum Gasteiger partial charge on any atom is -0.368 e. The number of rotatable bonds is 5. The predicted octanol–water partition coefficient (Wildman–Crippen LogP) is 1.48. The number of nitrogens with one attached hydrogen (secondary N) is 1. The Morgan fingerprint density at radius 2 is 2.33 bits per heavy atom. The molecule has 0 saturated heterocycles. The minimum atomic E-state index is -0.488. The van der Waals surface area contributed by atoms with Gasteiger partial charge in [-0.1, -0.05) is 6.07 Å². The quantitative estimate of drug-likeness (QED) is 0.464. The van der Waals surface area contributed by atoms with Crippen LogP contribution in [0.4, 0.5) is 17.1 Å². The number of para-hydroxylation sites is 1. The van der Waals surface area contributed by atoms with E-state index < -0.39 is 4.92 Å². The monoisotopic (exact) mass is 249 g/mol. The molecular formula is C11H15N5O2. The number of nitrogens with zero attached hydrogens (tertiary/aromatic N) is 3. The standard InChI is InChI=1S/C11H15N5O2/c1-8(6-12)7-15(2)10-5-3-4-9(14-13)11(10)16(17)18/h3-5,8,14H,7,13H2,1-2H3. The van der Waals surface area contributed by atoms with E-state index in [1.807, 2.05) is 0 Å². The third kappa shape index (κ3) is 2.87. The van der Waals surface area contributed by atoms with Gasteiger partial charge in [-0.05, 0) is 19.1 Å². The van der Waals surface area contributed by atoms with E-state index in [0.29, 0.717) is 12.2 Å². The van der Waals surface area contributed by atoms with Gasteiger partial charge in [0.15, 0.2) is 0 Å². The molecule has 0 aliphatic heterocycles. The average molecular weight is 249 g/mol. The van der Waals surface area contributed by atoms with E-state index >= 15 is 0 Å². The lowest BCUT2D eigenvalue weighted by molar-refractivity contribution is -0.383. The second-order valence-electron chi connectivity index (χ2n) is 3.99. The van der Waals surface area contributed by atoms with Gasteiger partial charge in [-0.3, -0.25) is 16.0 Å². The van der Waals surface area contributed by atoms with E-state index in [2.05, 4.69) is 11.5 Å². The molecule has 0 saturated carbocycles. The number of nitro benzene ring substituents is 1. The van der Waals surface area contributed by atoms with Crippen molar-refractivity contribution in [3.63, 3.8) is 0 Å². The molecule has 1 atom stereocenters. The van der Waals surface area contributed by atoms with Crippen LogP contribution in [0.15, 0.2) is 18.2 Å². The van der Waals surface area contributed by atoms with Crippen molar-refractivity contribution in [3.8, 4) is 6.07 Å². The lowest BCUT2D eigenvalue weighted by atomic mass is 10.1. The molecule has 0 amide bonds. The molecule has 0 heterocycles. The molecule has 1 aromatic rings. The van der Waals surface area contributed by atoms with Crippen molar-refractivity contribution in [1.29, 1.82) is 5.26 Å². The van der Waals surface area contributed by atoms with Crippen molar-refractivity contribution in [3.05, 3.63) is 28.3 Å². The van der Waals surface area contributed by atoms with Crippen LogP contribution in [-0.2, 0) is 0 Å². The Hall–Kier alpha value is -2.33. The number of hydrogen-bond acceptors (Lipinski definition) is 6. The molecule has 3 N–H and O–H groups in total. The number of nitrogens with two attached hydrogens (primary N) is 1. The zero-order chi connectivity index (χ0) is 13.7. The van der Waals surface area contributed by atoms with Crippen LogP contribution in [0, 0.1) is 27.4 Å². The van der Waals surface area contributed by atoms with E-state index in [0.717, 1.165) is 0 Å². The molecule has 0 aliphatic rings. The SMILES string of the molecule is CC(C#N)CN(C)c1cccc(NN)c1[N+](=O)[O-]. The molecular weight excluding hydrogens is 234 g/mol. The molecule has 1 aromatic carbocycles. The van der Waals surface area contributed by atoms with Crippen molar-refractivity contribution < 1.29 is 4.92 Å². The lowest BCUT2D eigenvalue weighted by Crippen LogP contribution is -2.24. The Balaban J connectivity index is 3.16. The Labute approximate surface area is 105 Å². The molecule has 1 rings (SSSR count). The highest BCUT2D eigenvalue weighted by Gasteiger charge is 2.22. The third-order valence-corrected chi connectivity index (χ3v) is 2.53. The van der Waals surface area contributed by atoms with Gasteiger partial charge in [0.1, 0.15) is 11.4 Å². The van der Waals surface area contributed by atoms with Crippen LogP contribution in [0.1, 0.15) is 6.92 Å². The van der Waals surface area contributed by atoms with Gasteiger partial charge in [-0.15, -0.1) is 0 Å². The molecule has 0 aromatic heterocycles. The molecule has 7 nitrogen and oxygen atoms in total. The number of nitro groups is 1.